The molecule has 0 radical (unpaired) electrons. The molecule has 57 heavy (non-hydrogen) atoms. The van der Waals surface area contributed by atoms with Crippen LogP contribution in [-0.2, 0) is 0 Å². The van der Waals surface area contributed by atoms with Gasteiger partial charge in [0.15, 0.2) is 23.0 Å². The fraction of sp³-hybridized carbons (Fsp3) is 0. The first-order valence-corrected chi connectivity index (χ1v) is 18.1. The molecule has 1 aromatic heterocycles. The van der Waals surface area contributed by atoms with E-state index in [1.54, 1.807) is 18.2 Å². The molecule has 9 heteroatoms. The van der Waals surface area contributed by atoms with Crippen molar-refractivity contribution in [2.45, 2.75) is 0 Å². The van der Waals surface area contributed by atoms with Crippen LogP contribution < -0.4 is 0 Å². The Balaban J connectivity index is 1.42. The molecular weight excluding hydrogens is 721 g/mol. The molecule has 11 aromatic rings. The van der Waals surface area contributed by atoms with Gasteiger partial charge in [0.25, 0.3) is 0 Å². The summed E-state index contributed by atoms with van der Waals surface area (Å²) in [5.41, 5.74) is 1.54. The molecule has 0 amide bonds. The molecule has 0 bridgehead atoms. The number of rotatable bonds is 2. The van der Waals surface area contributed by atoms with Gasteiger partial charge in [0.2, 0.25) is 23.0 Å². The smallest absolute Gasteiger partial charge is 0.204 e. The Labute approximate surface area is 320 Å². The lowest BCUT2D eigenvalue weighted by Crippen LogP contribution is -1.96. The molecule has 0 aliphatic heterocycles. The van der Waals surface area contributed by atoms with Crippen LogP contribution in [0.1, 0.15) is 0 Å². The van der Waals surface area contributed by atoms with Crippen molar-refractivity contribution in [2.75, 3.05) is 0 Å². The van der Waals surface area contributed by atoms with Crippen LogP contribution in [0.15, 0.2) is 126 Å². The van der Waals surface area contributed by atoms with Gasteiger partial charge in [-0.1, -0.05) is 97.1 Å². The summed E-state index contributed by atoms with van der Waals surface area (Å²) >= 11 is 0. The molecule has 0 aliphatic rings. The molecule has 11 rings (SSSR count). The van der Waals surface area contributed by atoms with Crippen molar-refractivity contribution in [3.63, 3.8) is 0 Å². The lowest BCUT2D eigenvalue weighted by Gasteiger charge is -2.24. The quantitative estimate of drug-likeness (QED) is 0.0370. The first-order valence-electron chi connectivity index (χ1n) is 18.1. The van der Waals surface area contributed by atoms with Gasteiger partial charge in [-0.05, 0) is 78.5 Å². The third kappa shape index (κ3) is 4.16. The van der Waals surface area contributed by atoms with Crippen molar-refractivity contribution in [1.29, 1.82) is 0 Å². The fourth-order valence-corrected chi connectivity index (χ4v) is 8.96. The van der Waals surface area contributed by atoms with Crippen LogP contribution in [0.25, 0.3) is 109 Å². The van der Waals surface area contributed by atoms with Crippen LogP contribution in [0.3, 0.4) is 0 Å². The molecule has 0 spiro atoms. The van der Waals surface area contributed by atoms with Gasteiger partial charge >= 0.3 is 0 Å². The van der Waals surface area contributed by atoms with Gasteiger partial charge < -0.3 is 45.3 Å². The summed E-state index contributed by atoms with van der Waals surface area (Å²) < 4.78 is 6.35. The van der Waals surface area contributed by atoms with Gasteiger partial charge in [-0.3, -0.25) is 0 Å². The first-order chi connectivity index (χ1) is 27.6. The highest BCUT2D eigenvalue weighted by molar-refractivity contribution is 6.34. The highest BCUT2D eigenvalue weighted by atomic mass is 16.4. The molecule has 0 saturated carbocycles. The third-order valence-corrected chi connectivity index (χ3v) is 11.4. The second kappa shape index (κ2) is 11.2. The summed E-state index contributed by atoms with van der Waals surface area (Å²) in [5.74, 6) is -7.54. The van der Waals surface area contributed by atoms with Gasteiger partial charge in [0, 0.05) is 43.4 Å². The topological polar surface area (TPSA) is 175 Å². The first kappa shape index (κ1) is 32.4. The zero-order chi connectivity index (χ0) is 39.0. The maximum absolute atomic E-state index is 12.0. The number of furan rings is 1. The van der Waals surface area contributed by atoms with Crippen LogP contribution in [0, 0.1) is 0 Å². The van der Waals surface area contributed by atoms with Gasteiger partial charge in [0.1, 0.15) is 11.2 Å². The van der Waals surface area contributed by atoms with Crippen molar-refractivity contribution >= 4 is 86.6 Å². The van der Waals surface area contributed by atoms with Crippen LogP contribution in [-0.4, -0.2) is 40.9 Å². The van der Waals surface area contributed by atoms with E-state index in [0.717, 1.165) is 37.7 Å². The Morgan fingerprint density at radius 2 is 0.772 bits per heavy atom. The average molecular weight is 749 g/mol. The minimum atomic E-state index is -1.04. The summed E-state index contributed by atoms with van der Waals surface area (Å²) in [7, 11) is 0. The van der Waals surface area contributed by atoms with Crippen molar-refractivity contribution in [3.05, 3.63) is 121 Å². The molecule has 9 nitrogen and oxygen atoms in total. The average Bonchev–Trinajstić information content (AvgIpc) is 3.61. The van der Waals surface area contributed by atoms with Crippen LogP contribution in [0.5, 0.6) is 46.0 Å². The minimum absolute atomic E-state index is 0.0172. The monoisotopic (exact) mass is 748 g/mol. The molecular formula is C48H28O9. The van der Waals surface area contributed by atoms with E-state index in [-0.39, 0.29) is 32.7 Å². The summed E-state index contributed by atoms with van der Waals surface area (Å²) in [6.45, 7) is 0. The molecule has 0 fully saturated rings. The number of aromatic hydroxyl groups is 8. The zero-order valence-electron chi connectivity index (χ0n) is 29.5. The molecule has 0 aliphatic carbocycles. The van der Waals surface area contributed by atoms with Crippen molar-refractivity contribution in [3.8, 4) is 68.2 Å². The predicted octanol–water partition coefficient (Wildman–Crippen LogP) is 11.5. The van der Waals surface area contributed by atoms with Gasteiger partial charge in [-0.2, -0.15) is 0 Å². The van der Waals surface area contributed by atoms with Gasteiger partial charge in [0.05, 0.1) is 0 Å². The Morgan fingerprint density at radius 3 is 1.39 bits per heavy atom. The molecule has 0 unspecified atom stereocenters. The van der Waals surface area contributed by atoms with Crippen molar-refractivity contribution in [2.24, 2.45) is 0 Å². The Morgan fingerprint density at radius 1 is 0.281 bits per heavy atom. The highest BCUT2D eigenvalue weighted by Gasteiger charge is 2.34. The number of phenolic OH excluding ortho intramolecular Hbond substituents is 8. The second-order valence-corrected chi connectivity index (χ2v) is 14.4. The maximum atomic E-state index is 12.0. The normalized spacial score (nSPS) is 12.1. The summed E-state index contributed by atoms with van der Waals surface area (Å²) in [4.78, 5) is 0. The Hall–Kier alpha value is -8.04. The maximum Gasteiger partial charge on any atom is 0.204 e. The van der Waals surface area contributed by atoms with E-state index < -0.39 is 46.0 Å². The molecule has 274 valence electrons. The van der Waals surface area contributed by atoms with Gasteiger partial charge in [-0.15, -0.1) is 0 Å². The summed E-state index contributed by atoms with van der Waals surface area (Å²) in [5, 5.41) is 100. The number of fused-ring (bicyclic) bond motifs is 11. The number of hydrogen-bond donors (Lipinski definition) is 8. The Kier molecular flexibility index (Phi) is 6.39. The van der Waals surface area contributed by atoms with E-state index in [1.165, 1.54) is 0 Å². The second-order valence-electron chi connectivity index (χ2n) is 14.4. The van der Waals surface area contributed by atoms with E-state index in [2.05, 4.69) is 0 Å². The van der Waals surface area contributed by atoms with Gasteiger partial charge in [-0.25, -0.2) is 0 Å². The predicted molar refractivity (Wildman–Crippen MR) is 223 cm³/mol. The number of phenols is 8. The molecule has 1 heterocycles. The molecule has 0 atom stereocenters. The SMILES string of the molecule is Oc1c(O)c(O)c2c(-c3cccc4oc5cc6ccccc6cc5c34)c3c(O)c(O)c(O)c(O)c3c(-c3cc4ccc5ccccc5c4c4ccccc34)c2c1O. The van der Waals surface area contributed by atoms with E-state index in [4.69, 9.17) is 4.42 Å². The summed E-state index contributed by atoms with van der Waals surface area (Å²) in [6.07, 6.45) is 0. The number of benzene rings is 10. The van der Waals surface area contributed by atoms with Crippen molar-refractivity contribution < 1.29 is 45.3 Å². The molecule has 10 aromatic carbocycles. The number of hydrogen-bond acceptors (Lipinski definition) is 9. The zero-order valence-corrected chi connectivity index (χ0v) is 29.5. The molecule has 8 N–H and O–H groups in total. The fourth-order valence-electron chi connectivity index (χ4n) is 8.96. The largest absolute Gasteiger partial charge is 0.504 e. The van der Waals surface area contributed by atoms with E-state index in [0.29, 0.717) is 38.5 Å². The van der Waals surface area contributed by atoms with E-state index >= 15 is 0 Å². The Bertz CT molecular complexity index is 3540. The van der Waals surface area contributed by atoms with Crippen LogP contribution in [0.4, 0.5) is 0 Å². The van der Waals surface area contributed by atoms with E-state index in [9.17, 15) is 40.9 Å². The van der Waals surface area contributed by atoms with Crippen LogP contribution in [0.2, 0.25) is 0 Å². The minimum Gasteiger partial charge on any atom is -0.504 e. The standard InChI is InChI=1S/C48H28O9/c49-41-37-35(28-14-7-15-31-34(28)30-18-22-9-1-2-10-23(22)20-32(30)57-31)38-40(44(52)48(56)46(54)42(38)50)36(39(37)43(51)47(55)45(41)53)29-19-24-17-16-21-8-3-4-11-25(21)33(24)27-13-6-5-12-26(27)29/h1-20,49-56H. The summed E-state index contributed by atoms with van der Waals surface area (Å²) in [6, 6.07) is 37.8. The third-order valence-electron chi connectivity index (χ3n) is 11.4. The highest BCUT2D eigenvalue weighted by Crippen LogP contribution is 2.63. The van der Waals surface area contributed by atoms with E-state index in [1.807, 2.05) is 103 Å². The van der Waals surface area contributed by atoms with Crippen LogP contribution >= 0.6 is 0 Å². The lowest BCUT2D eigenvalue weighted by atomic mass is 9.81. The van der Waals surface area contributed by atoms with Crippen molar-refractivity contribution in [1.82, 2.24) is 0 Å². The molecule has 0 saturated heterocycles. The lowest BCUT2D eigenvalue weighted by molar-refractivity contribution is 0.350.